The lowest BCUT2D eigenvalue weighted by Crippen LogP contribution is -2.42. The summed E-state index contributed by atoms with van der Waals surface area (Å²) in [7, 11) is -3.10. The van der Waals surface area contributed by atoms with Gasteiger partial charge >= 0.3 is 0 Å². The van der Waals surface area contributed by atoms with Gasteiger partial charge in [-0.25, -0.2) is 8.42 Å². The minimum atomic E-state index is -3.10. The summed E-state index contributed by atoms with van der Waals surface area (Å²) in [5, 5.41) is 9.80. The molecule has 96 valence electrons. The molecule has 1 N–H and O–H groups in total. The second-order valence-corrected chi connectivity index (χ2v) is 6.51. The first kappa shape index (κ1) is 12.6. The van der Waals surface area contributed by atoms with Crippen molar-refractivity contribution in [3.63, 3.8) is 0 Å². The fraction of sp³-hybridized carbons (Fsp3) is 0.636. The summed E-state index contributed by atoms with van der Waals surface area (Å²) in [6.45, 7) is 3.15. The van der Waals surface area contributed by atoms with E-state index in [9.17, 15) is 13.5 Å². The number of rotatable bonds is 4. The highest BCUT2D eigenvalue weighted by atomic mass is 32.2. The summed E-state index contributed by atoms with van der Waals surface area (Å²) in [6, 6.07) is 3.32. The number of hydrogen-bond acceptors (Lipinski definition) is 5. The van der Waals surface area contributed by atoms with Gasteiger partial charge in [0.1, 0.15) is 5.76 Å². The second-order valence-electron chi connectivity index (χ2n) is 4.35. The molecular weight excluding hydrogens is 242 g/mol. The molecule has 1 aromatic heterocycles. The first-order valence-corrected chi connectivity index (χ1v) is 7.49. The SMILES string of the molecule is CCN(Cc1ccco1)[C@@H]1CS(=O)(=O)C[C@H]1O. The number of furan rings is 1. The molecule has 0 saturated carbocycles. The van der Waals surface area contributed by atoms with Crippen LogP contribution in [0.4, 0.5) is 0 Å². The Kier molecular flexibility index (Phi) is 3.56. The van der Waals surface area contributed by atoms with Gasteiger partial charge in [0.2, 0.25) is 0 Å². The van der Waals surface area contributed by atoms with Crippen LogP contribution in [-0.2, 0) is 16.4 Å². The van der Waals surface area contributed by atoms with Crippen LogP contribution in [0.5, 0.6) is 0 Å². The van der Waals surface area contributed by atoms with Crippen molar-refractivity contribution in [1.29, 1.82) is 0 Å². The van der Waals surface area contributed by atoms with Gasteiger partial charge in [-0.05, 0) is 18.7 Å². The number of hydrogen-bond donors (Lipinski definition) is 1. The van der Waals surface area contributed by atoms with Crippen LogP contribution in [0.25, 0.3) is 0 Å². The molecule has 6 heteroatoms. The topological polar surface area (TPSA) is 70.8 Å². The van der Waals surface area contributed by atoms with Crippen LogP contribution >= 0.6 is 0 Å². The van der Waals surface area contributed by atoms with Crippen LogP contribution in [0.2, 0.25) is 0 Å². The van der Waals surface area contributed by atoms with Crippen molar-refractivity contribution >= 4 is 9.84 Å². The van der Waals surface area contributed by atoms with Crippen molar-refractivity contribution in [1.82, 2.24) is 4.90 Å². The summed E-state index contributed by atoms with van der Waals surface area (Å²) in [4.78, 5) is 1.94. The third-order valence-electron chi connectivity index (χ3n) is 3.11. The highest BCUT2D eigenvalue weighted by Crippen LogP contribution is 2.20. The predicted molar refractivity (Wildman–Crippen MR) is 63.2 cm³/mol. The number of aliphatic hydroxyl groups is 1. The van der Waals surface area contributed by atoms with Crippen molar-refractivity contribution < 1.29 is 17.9 Å². The van der Waals surface area contributed by atoms with E-state index in [1.807, 2.05) is 17.9 Å². The molecule has 2 rings (SSSR count). The fourth-order valence-electron chi connectivity index (χ4n) is 2.23. The van der Waals surface area contributed by atoms with E-state index in [2.05, 4.69) is 0 Å². The molecule has 1 saturated heterocycles. The van der Waals surface area contributed by atoms with Crippen LogP contribution in [-0.4, -0.2) is 48.6 Å². The molecule has 5 nitrogen and oxygen atoms in total. The van der Waals surface area contributed by atoms with Crippen LogP contribution in [0.1, 0.15) is 12.7 Å². The molecule has 0 radical (unpaired) electrons. The van der Waals surface area contributed by atoms with Crippen molar-refractivity contribution in [3.8, 4) is 0 Å². The normalized spacial score (nSPS) is 27.7. The van der Waals surface area contributed by atoms with Crippen molar-refractivity contribution in [2.24, 2.45) is 0 Å². The number of likely N-dealkylation sites (N-methyl/N-ethyl adjacent to an activating group) is 1. The zero-order valence-electron chi connectivity index (χ0n) is 9.74. The summed E-state index contributed by atoms with van der Waals surface area (Å²) in [6.07, 6.45) is 0.792. The van der Waals surface area contributed by atoms with Crippen LogP contribution < -0.4 is 0 Å². The van der Waals surface area contributed by atoms with Gasteiger partial charge in [0, 0.05) is 0 Å². The van der Waals surface area contributed by atoms with Gasteiger partial charge < -0.3 is 9.52 Å². The van der Waals surface area contributed by atoms with Gasteiger partial charge in [0.15, 0.2) is 9.84 Å². The molecule has 0 spiro atoms. The zero-order chi connectivity index (χ0) is 12.5. The maximum atomic E-state index is 11.5. The molecule has 1 fully saturated rings. The molecule has 0 aliphatic carbocycles. The lowest BCUT2D eigenvalue weighted by molar-refractivity contribution is 0.0775. The molecule has 0 bridgehead atoms. The van der Waals surface area contributed by atoms with Gasteiger partial charge in [-0.1, -0.05) is 6.92 Å². The lowest BCUT2D eigenvalue weighted by atomic mass is 10.2. The third-order valence-corrected chi connectivity index (χ3v) is 4.81. The molecule has 2 heterocycles. The predicted octanol–water partition coefficient (Wildman–Crippen LogP) is 0.259. The van der Waals surface area contributed by atoms with Crippen LogP contribution in [0.3, 0.4) is 0 Å². The second kappa shape index (κ2) is 4.80. The molecule has 1 aliphatic rings. The van der Waals surface area contributed by atoms with Crippen LogP contribution in [0.15, 0.2) is 22.8 Å². The van der Waals surface area contributed by atoms with E-state index in [0.717, 1.165) is 5.76 Å². The molecule has 1 aliphatic heterocycles. The van der Waals surface area contributed by atoms with Crippen molar-refractivity contribution in [2.75, 3.05) is 18.1 Å². The Morgan fingerprint density at radius 3 is 2.76 bits per heavy atom. The average Bonchev–Trinajstić information content (AvgIpc) is 2.82. The van der Waals surface area contributed by atoms with E-state index in [1.165, 1.54) is 0 Å². The van der Waals surface area contributed by atoms with E-state index in [1.54, 1.807) is 12.3 Å². The molecule has 0 amide bonds. The first-order valence-electron chi connectivity index (χ1n) is 5.67. The standard InChI is InChI=1S/C11H17NO4S/c1-2-12(6-9-4-3-5-16-9)10-7-17(14,15)8-11(10)13/h3-5,10-11,13H,2,6-8H2,1H3/t10-,11-/m1/s1. The van der Waals surface area contributed by atoms with Crippen molar-refractivity contribution in [3.05, 3.63) is 24.2 Å². The molecule has 17 heavy (non-hydrogen) atoms. The Hall–Kier alpha value is -0.850. The van der Waals surface area contributed by atoms with Gasteiger partial charge in [0.25, 0.3) is 0 Å². The lowest BCUT2D eigenvalue weighted by Gasteiger charge is -2.27. The maximum absolute atomic E-state index is 11.5. The average molecular weight is 259 g/mol. The fourth-order valence-corrected chi connectivity index (χ4v) is 4.06. The van der Waals surface area contributed by atoms with Gasteiger partial charge in [-0.2, -0.15) is 0 Å². The number of nitrogens with zero attached hydrogens (tertiary/aromatic N) is 1. The summed E-state index contributed by atoms with van der Waals surface area (Å²) >= 11 is 0. The minimum absolute atomic E-state index is 0.0305. The Morgan fingerprint density at radius 2 is 2.29 bits per heavy atom. The maximum Gasteiger partial charge on any atom is 0.154 e. The number of sulfone groups is 1. The molecule has 1 aromatic rings. The minimum Gasteiger partial charge on any atom is -0.468 e. The Labute approximate surface area is 101 Å². The van der Waals surface area contributed by atoms with E-state index < -0.39 is 15.9 Å². The third kappa shape index (κ3) is 2.88. The Balaban J connectivity index is 2.09. The quantitative estimate of drug-likeness (QED) is 0.840. The van der Waals surface area contributed by atoms with Crippen molar-refractivity contribution in [2.45, 2.75) is 25.6 Å². The number of aliphatic hydroxyl groups excluding tert-OH is 1. The van der Waals surface area contributed by atoms with Gasteiger partial charge in [-0.3, -0.25) is 4.90 Å². The van der Waals surface area contributed by atoms with Crippen LogP contribution in [0, 0.1) is 0 Å². The molecule has 0 aromatic carbocycles. The van der Waals surface area contributed by atoms with Gasteiger partial charge in [-0.15, -0.1) is 0 Å². The monoisotopic (exact) mass is 259 g/mol. The molecular formula is C11H17NO4S. The van der Waals surface area contributed by atoms with E-state index in [-0.39, 0.29) is 17.5 Å². The molecule has 0 unspecified atom stereocenters. The largest absolute Gasteiger partial charge is 0.468 e. The first-order chi connectivity index (χ1) is 8.02. The Bertz CT molecular complexity index is 454. The molecule has 2 atom stereocenters. The Morgan fingerprint density at radius 1 is 1.53 bits per heavy atom. The summed E-state index contributed by atoms with van der Waals surface area (Å²) in [5.74, 6) is 0.679. The highest BCUT2D eigenvalue weighted by Gasteiger charge is 2.39. The smallest absolute Gasteiger partial charge is 0.154 e. The van der Waals surface area contributed by atoms with E-state index in [0.29, 0.717) is 13.1 Å². The highest BCUT2D eigenvalue weighted by molar-refractivity contribution is 7.91. The summed E-state index contributed by atoms with van der Waals surface area (Å²) < 4.78 is 28.2. The zero-order valence-corrected chi connectivity index (χ0v) is 10.6. The van der Waals surface area contributed by atoms with E-state index in [4.69, 9.17) is 4.42 Å². The van der Waals surface area contributed by atoms with E-state index >= 15 is 0 Å². The summed E-state index contributed by atoms with van der Waals surface area (Å²) in [5.41, 5.74) is 0. The van der Waals surface area contributed by atoms with Gasteiger partial charge in [0.05, 0.1) is 36.5 Å².